The van der Waals surface area contributed by atoms with Crippen molar-refractivity contribution in [1.82, 2.24) is 0 Å². The lowest BCUT2D eigenvalue weighted by molar-refractivity contribution is 0.447. The van der Waals surface area contributed by atoms with Crippen LogP contribution in [0.3, 0.4) is 0 Å². The maximum Gasteiger partial charge on any atom is 0.140 e. The Balaban J connectivity index is 1.00. The van der Waals surface area contributed by atoms with Gasteiger partial charge in [0.15, 0.2) is 0 Å². The number of hydrogen-bond donors (Lipinski definition) is 0. The highest BCUT2D eigenvalue weighted by Crippen LogP contribution is 2.65. The average molecular weight is 842 g/mol. The molecule has 11 aromatic carbocycles. The maximum absolute atomic E-state index is 7.24. The lowest BCUT2D eigenvalue weighted by atomic mass is 9.65. The molecular weight excluding hydrogens is 799 g/mol. The molecule has 0 atom stereocenters. The zero-order chi connectivity index (χ0) is 43.7. The smallest absolute Gasteiger partial charge is 0.140 e. The third-order valence-corrected chi connectivity index (χ3v) is 15.1. The maximum atomic E-state index is 7.24. The Hall–Kier alpha value is -8.20. The molecule has 0 unspecified atom stereocenters. The lowest BCUT2D eigenvalue weighted by Gasteiger charge is -2.40. The van der Waals surface area contributed by atoms with Gasteiger partial charge in [0.25, 0.3) is 0 Å². The van der Waals surface area contributed by atoms with Gasteiger partial charge in [-0.25, -0.2) is 0 Å². The molecule has 0 fully saturated rings. The largest absolute Gasteiger partial charge is 0.455 e. The summed E-state index contributed by atoms with van der Waals surface area (Å²) in [5.74, 6) is 1.86. The molecule has 0 saturated heterocycles. The summed E-state index contributed by atoms with van der Waals surface area (Å²) in [6, 6.07) is 83.3. The Morgan fingerprint density at radius 1 is 0.333 bits per heavy atom. The Kier molecular flexibility index (Phi) is 7.70. The zero-order valence-corrected chi connectivity index (χ0v) is 36.7. The van der Waals surface area contributed by atoms with Gasteiger partial charge in [-0.2, -0.15) is 0 Å². The van der Waals surface area contributed by atoms with E-state index in [-0.39, 0.29) is 5.41 Å². The Morgan fingerprint density at radius 2 is 0.864 bits per heavy atom. The second kappa shape index (κ2) is 13.7. The van der Waals surface area contributed by atoms with Gasteiger partial charge in [-0.1, -0.05) is 202 Å². The number of nitrogens with zero attached hydrogens (tertiary/aromatic N) is 1. The van der Waals surface area contributed by atoms with Gasteiger partial charge in [0.2, 0.25) is 0 Å². The van der Waals surface area contributed by atoms with Crippen LogP contribution in [0, 0.1) is 0 Å². The molecule has 0 N–H and O–H groups in total. The van der Waals surface area contributed by atoms with Crippen LogP contribution < -0.4 is 9.64 Å². The van der Waals surface area contributed by atoms with E-state index in [4.69, 9.17) is 4.74 Å². The minimum atomic E-state index is -0.623. The number of ether oxygens (including phenoxy) is 1. The van der Waals surface area contributed by atoms with Gasteiger partial charge in [-0.3, -0.25) is 0 Å². The van der Waals surface area contributed by atoms with E-state index in [0.29, 0.717) is 0 Å². The minimum Gasteiger partial charge on any atom is -0.455 e. The van der Waals surface area contributed by atoms with E-state index >= 15 is 0 Å². The number of rotatable bonds is 4. The molecule has 2 aliphatic carbocycles. The normalized spacial score (nSPS) is 14.3. The van der Waals surface area contributed by atoms with Gasteiger partial charge in [-0.05, 0) is 114 Å². The van der Waals surface area contributed by atoms with Crippen molar-refractivity contribution < 1.29 is 4.74 Å². The van der Waals surface area contributed by atoms with Crippen LogP contribution in [-0.2, 0) is 10.8 Å². The van der Waals surface area contributed by atoms with Crippen molar-refractivity contribution in [3.63, 3.8) is 0 Å². The van der Waals surface area contributed by atoms with Crippen LogP contribution in [0.25, 0.3) is 65.7 Å². The number of benzene rings is 11. The summed E-state index contributed by atoms with van der Waals surface area (Å²) in [5.41, 5.74) is 17.8. The number of fused-ring (bicyclic) bond motifs is 17. The van der Waals surface area contributed by atoms with E-state index in [0.717, 1.165) is 39.3 Å². The lowest BCUT2D eigenvalue weighted by Crippen LogP contribution is -2.32. The van der Waals surface area contributed by atoms with E-state index < -0.39 is 5.41 Å². The molecule has 310 valence electrons. The van der Waals surface area contributed by atoms with Crippen molar-refractivity contribution in [3.8, 4) is 44.9 Å². The van der Waals surface area contributed by atoms with E-state index in [1.807, 2.05) is 0 Å². The van der Waals surface area contributed by atoms with Crippen LogP contribution in [0.2, 0.25) is 0 Å². The quantitative estimate of drug-likeness (QED) is 0.175. The van der Waals surface area contributed by atoms with Crippen LogP contribution in [-0.4, -0.2) is 0 Å². The predicted molar refractivity (Wildman–Crippen MR) is 274 cm³/mol. The number of anilines is 3. The number of hydrogen-bond acceptors (Lipinski definition) is 2. The summed E-state index contributed by atoms with van der Waals surface area (Å²) in [6.07, 6.45) is 0. The fourth-order valence-corrected chi connectivity index (χ4v) is 12.1. The fraction of sp³-hybridized carbons (Fsp3) is 0.0625. The van der Waals surface area contributed by atoms with Gasteiger partial charge < -0.3 is 9.64 Å². The summed E-state index contributed by atoms with van der Waals surface area (Å²) < 4.78 is 7.24. The third-order valence-electron chi connectivity index (χ3n) is 15.1. The molecule has 0 radical (unpaired) electrons. The van der Waals surface area contributed by atoms with Crippen molar-refractivity contribution in [2.45, 2.75) is 24.7 Å². The summed E-state index contributed by atoms with van der Waals surface area (Å²) in [5, 5.41) is 7.01. The molecule has 0 saturated carbocycles. The SMILES string of the molecule is CC1(C)c2ccccc2-c2ccc(N(c3cccc(-c4cccc5c4-c4ccccc4C54c5ccc6ccccc6c5Oc5c4ccc4ccccc54)c3)c3ccc4ccccc4c3)cc21. The van der Waals surface area contributed by atoms with Crippen LogP contribution in [0.4, 0.5) is 17.1 Å². The first-order valence-corrected chi connectivity index (χ1v) is 23.1. The van der Waals surface area contributed by atoms with Crippen molar-refractivity contribution in [2.24, 2.45) is 0 Å². The van der Waals surface area contributed by atoms with Crippen molar-refractivity contribution >= 4 is 49.4 Å². The molecule has 14 rings (SSSR count). The average Bonchev–Trinajstić information content (AvgIpc) is 3.79. The molecule has 1 aliphatic heterocycles. The molecule has 2 nitrogen and oxygen atoms in total. The molecule has 0 amide bonds. The summed E-state index contributed by atoms with van der Waals surface area (Å²) in [6.45, 7) is 4.73. The van der Waals surface area contributed by atoms with Gasteiger partial charge in [0.1, 0.15) is 11.5 Å². The first kappa shape index (κ1) is 37.2. The van der Waals surface area contributed by atoms with Crippen LogP contribution in [0.15, 0.2) is 224 Å². The fourth-order valence-electron chi connectivity index (χ4n) is 12.1. The highest BCUT2D eigenvalue weighted by molar-refractivity contribution is 6.03. The second-order valence-corrected chi connectivity index (χ2v) is 18.8. The van der Waals surface area contributed by atoms with Crippen molar-refractivity contribution in [3.05, 3.63) is 258 Å². The Bertz CT molecular complexity index is 3770. The first-order chi connectivity index (χ1) is 32.5. The molecule has 11 aromatic rings. The molecule has 2 heteroatoms. The van der Waals surface area contributed by atoms with Crippen LogP contribution >= 0.6 is 0 Å². The first-order valence-electron chi connectivity index (χ1n) is 23.1. The second-order valence-electron chi connectivity index (χ2n) is 18.8. The monoisotopic (exact) mass is 841 g/mol. The van der Waals surface area contributed by atoms with Gasteiger partial charge >= 0.3 is 0 Å². The molecule has 0 bridgehead atoms. The van der Waals surface area contributed by atoms with E-state index in [1.54, 1.807) is 0 Å². The van der Waals surface area contributed by atoms with E-state index in [1.165, 1.54) is 88.3 Å². The molecule has 0 aromatic heterocycles. The zero-order valence-electron chi connectivity index (χ0n) is 36.7. The Morgan fingerprint density at radius 3 is 1.62 bits per heavy atom. The summed E-state index contributed by atoms with van der Waals surface area (Å²) in [4.78, 5) is 2.45. The van der Waals surface area contributed by atoms with Gasteiger partial charge in [0.05, 0.1) is 5.41 Å². The molecule has 3 aliphatic rings. The van der Waals surface area contributed by atoms with Crippen LogP contribution in [0.1, 0.15) is 47.2 Å². The molecular formula is C64H43NO. The standard InChI is InChI=1S/C64H43NO/c1-63(2)54-26-11-9-23-51(54)52-34-33-47(39-59(52)63)65(46-32-29-40-15-3-4-18-43(40)37-46)45-20-13-19-44(38-45)48-25-14-28-56-60(48)53-24-10-12-27-55(53)64(56)57-35-30-41-16-5-7-21-49(41)61(57)66-62-50-22-8-6-17-42(50)31-36-58(62)64/h3-39H,1-2H3. The molecule has 1 heterocycles. The Labute approximate surface area is 384 Å². The topological polar surface area (TPSA) is 12.5 Å². The highest BCUT2D eigenvalue weighted by Gasteiger charge is 2.52. The molecule has 1 spiro atoms. The van der Waals surface area contributed by atoms with Crippen LogP contribution in [0.5, 0.6) is 11.5 Å². The van der Waals surface area contributed by atoms with E-state index in [2.05, 4.69) is 243 Å². The third kappa shape index (κ3) is 5.01. The molecule has 66 heavy (non-hydrogen) atoms. The summed E-state index contributed by atoms with van der Waals surface area (Å²) in [7, 11) is 0. The predicted octanol–water partition coefficient (Wildman–Crippen LogP) is 17.1. The van der Waals surface area contributed by atoms with Gasteiger partial charge in [-0.15, -0.1) is 0 Å². The van der Waals surface area contributed by atoms with Gasteiger partial charge in [0, 0.05) is 44.4 Å². The summed E-state index contributed by atoms with van der Waals surface area (Å²) >= 11 is 0. The van der Waals surface area contributed by atoms with Crippen molar-refractivity contribution in [2.75, 3.05) is 4.90 Å². The van der Waals surface area contributed by atoms with E-state index in [9.17, 15) is 0 Å². The highest BCUT2D eigenvalue weighted by atomic mass is 16.5. The minimum absolute atomic E-state index is 0.132. The van der Waals surface area contributed by atoms with Crippen molar-refractivity contribution in [1.29, 1.82) is 0 Å².